The number of hydrogen-bond acceptors (Lipinski definition) is 2. The zero-order valence-electron chi connectivity index (χ0n) is 10.4. The van der Waals surface area contributed by atoms with Crippen LogP contribution in [-0.4, -0.2) is 11.9 Å². The van der Waals surface area contributed by atoms with Gasteiger partial charge in [-0.05, 0) is 38.8 Å². The molecule has 2 atom stereocenters. The first kappa shape index (κ1) is 12.7. The lowest BCUT2D eigenvalue weighted by atomic mass is 10.00. The summed E-state index contributed by atoms with van der Waals surface area (Å²) in [5.41, 5.74) is 9.05. The average Bonchev–Trinajstić information content (AvgIpc) is 2.21. The van der Waals surface area contributed by atoms with E-state index < -0.39 is 6.04 Å². The van der Waals surface area contributed by atoms with Crippen molar-refractivity contribution in [3.05, 3.63) is 34.9 Å². The number of rotatable bonds is 3. The molecule has 1 rings (SSSR count). The first-order chi connectivity index (χ1) is 7.41. The van der Waals surface area contributed by atoms with Gasteiger partial charge in [0.15, 0.2) is 0 Å². The molecule has 0 aliphatic carbocycles. The largest absolute Gasteiger partial charge is 0.348 e. The predicted octanol–water partition coefficient (Wildman–Crippen LogP) is 1.83. The fourth-order valence-corrected chi connectivity index (χ4v) is 1.65. The van der Waals surface area contributed by atoms with E-state index in [9.17, 15) is 4.79 Å². The lowest BCUT2D eigenvalue weighted by Crippen LogP contribution is -2.39. The Labute approximate surface area is 97.0 Å². The first-order valence-corrected chi connectivity index (χ1v) is 5.55. The van der Waals surface area contributed by atoms with Crippen molar-refractivity contribution in [3.8, 4) is 0 Å². The Morgan fingerprint density at radius 1 is 1.31 bits per heavy atom. The molecule has 0 aromatic heterocycles. The third kappa shape index (κ3) is 3.07. The Balaban J connectivity index is 2.84. The van der Waals surface area contributed by atoms with Crippen LogP contribution in [0.5, 0.6) is 0 Å². The van der Waals surface area contributed by atoms with Gasteiger partial charge in [-0.3, -0.25) is 4.79 Å². The van der Waals surface area contributed by atoms with Crippen LogP contribution >= 0.6 is 0 Å². The number of benzene rings is 1. The van der Waals surface area contributed by atoms with E-state index in [1.165, 1.54) is 11.1 Å². The highest BCUT2D eigenvalue weighted by molar-refractivity contribution is 5.81. The van der Waals surface area contributed by atoms with E-state index in [1.54, 1.807) is 6.92 Å². The Morgan fingerprint density at radius 3 is 2.50 bits per heavy atom. The van der Waals surface area contributed by atoms with E-state index in [-0.39, 0.29) is 11.9 Å². The standard InChI is InChI=1S/C13H20N2O/c1-8-5-6-9(2)12(7-8)11(4)15-13(16)10(3)14/h5-7,10-11H,14H2,1-4H3,(H,15,16)/t10-,11?/m0/s1. The lowest BCUT2D eigenvalue weighted by Gasteiger charge is -2.18. The smallest absolute Gasteiger partial charge is 0.237 e. The van der Waals surface area contributed by atoms with Gasteiger partial charge in [-0.25, -0.2) is 0 Å². The molecular weight excluding hydrogens is 200 g/mol. The van der Waals surface area contributed by atoms with Crippen LogP contribution in [0.15, 0.2) is 18.2 Å². The molecule has 3 N–H and O–H groups in total. The topological polar surface area (TPSA) is 55.1 Å². The fraction of sp³-hybridized carbons (Fsp3) is 0.462. The van der Waals surface area contributed by atoms with Crippen molar-refractivity contribution in [3.63, 3.8) is 0 Å². The van der Waals surface area contributed by atoms with Crippen molar-refractivity contribution in [2.75, 3.05) is 0 Å². The highest BCUT2D eigenvalue weighted by atomic mass is 16.2. The van der Waals surface area contributed by atoms with Crippen molar-refractivity contribution >= 4 is 5.91 Å². The summed E-state index contributed by atoms with van der Waals surface area (Å²) < 4.78 is 0. The van der Waals surface area contributed by atoms with E-state index >= 15 is 0 Å². The summed E-state index contributed by atoms with van der Waals surface area (Å²) in [5.74, 6) is -0.117. The summed E-state index contributed by atoms with van der Waals surface area (Å²) in [5, 5.41) is 2.90. The Morgan fingerprint density at radius 2 is 1.94 bits per heavy atom. The van der Waals surface area contributed by atoms with E-state index in [4.69, 9.17) is 5.73 Å². The normalized spacial score (nSPS) is 14.3. The van der Waals surface area contributed by atoms with E-state index in [0.717, 1.165) is 5.56 Å². The summed E-state index contributed by atoms with van der Waals surface area (Å²) in [6.45, 7) is 7.75. The molecule has 0 spiro atoms. The third-order valence-corrected chi connectivity index (χ3v) is 2.67. The molecule has 0 saturated heterocycles. The first-order valence-electron chi connectivity index (χ1n) is 5.55. The number of carbonyl (C=O) groups excluding carboxylic acids is 1. The number of nitrogens with two attached hydrogens (primary N) is 1. The summed E-state index contributed by atoms with van der Waals surface area (Å²) in [4.78, 5) is 11.5. The number of aryl methyl sites for hydroxylation is 2. The molecule has 16 heavy (non-hydrogen) atoms. The van der Waals surface area contributed by atoms with Crippen LogP contribution in [0.1, 0.15) is 36.6 Å². The summed E-state index contributed by atoms with van der Waals surface area (Å²) >= 11 is 0. The molecule has 0 heterocycles. The van der Waals surface area contributed by atoms with Crippen LogP contribution in [0.2, 0.25) is 0 Å². The van der Waals surface area contributed by atoms with Gasteiger partial charge in [-0.15, -0.1) is 0 Å². The molecule has 0 bridgehead atoms. The zero-order chi connectivity index (χ0) is 12.3. The van der Waals surface area contributed by atoms with Crippen LogP contribution in [-0.2, 0) is 4.79 Å². The minimum Gasteiger partial charge on any atom is -0.348 e. The number of amides is 1. The minimum absolute atomic E-state index is 0.00148. The van der Waals surface area contributed by atoms with E-state index in [0.29, 0.717) is 0 Å². The van der Waals surface area contributed by atoms with Crippen molar-refractivity contribution in [2.24, 2.45) is 5.73 Å². The van der Waals surface area contributed by atoms with Crippen LogP contribution in [0.4, 0.5) is 0 Å². The molecule has 1 aromatic rings. The van der Waals surface area contributed by atoms with Crippen molar-refractivity contribution in [1.29, 1.82) is 0 Å². The molecule has 1 amide bonds. The zero-order valence-corrected chi connectivity index (χ0v) is 10.4. The Kier molecular flexibility index (Phi) is 4.07. The highest BCUT2D eigenvalue weighted by Gasteiger charge is 2.14. The molecular formula is C13H20N2O. The number of nitrogens with one attached hydrogen (secondary N) is 1. The Bertz CT molecular complexity index is 386. The maximum Gasteiger partial charge on any atom is 0.237 e. The molecule has 1 aromatic carbocycles. The lowest BCUT2D eigenvalue weighted by molar-refractivity contribution is -0.122. The molecule has 88 valence electrons. The fourth-order valence-electron chi connectivity index (χ4n) is 1.65. The van der Waals surface area contributed by atoms with Gasteiger partial charge < -0.3 is 11.1 Å². The summed E-state index contributed by atoms with van der Waals surface area (Å²) in [6, 6.07) is 5.77. The van der Waals surface area contributed by atoms with Gasteiger partial charge in [-0.1, -0.05) is 23.8 Å². The summed E-state index contributed by atoms with van der Waals surface area (Å²) in [7, 11) is 0. The van der Waals surface area contributed by atoms with Crippen molar-refractivity contribution in [2.45, 2.75) is 39.8 Å². The molecule has 1 unspecified atom stereocenters. The molecule has 0 saturated carbocycles. The van der Waals surface area contributed by atoms with Gasteiger partial charge in [0.2, 0.25) is 5.91 Å². The molecule has 0 radical (unpaired) electrons. The van der Waals surface area contributed by atoms with Gasteiger partial charge in [-0.2, -0.15) is 0 Å². The molecule has 3 nitrogen and oxygen atoms in total. The highest BCUT2D eigenvalue weighted by Crippen LogP contribution is 2.18. The second kappa shape index (κ2) is 5.12. The van der Waals surface area contributed by atoms with Gasteiger partial charge in [0.1, 0.15) is 0 Å². The minimum atomic E-state index is -0.465. The third-order valence-electron chi connectivity index (χ3n) is 2.67. The number of carbonyl (C=O) groups is 1. The quantitative estimate of drug-likeness (QED) is 0.816. The predicted molar refractivity (Wildman–Crippen MR) is 66.1 cm³/mol. The monoisotopic (exact) mass is 220 g/mol. The van der Waals surface area contributed by atoms with E-state index in [2.05, 4.69) is 23.5 Å². The molecule has 3 heteroatoms. The van der Waals surface area contributed by atoms with Crippen LogP contribution in [0.3, 0.4) is 0 Å². The van der Waals surface area contributed by atoms with E-state index in [1.807, 2.05) is 20.8 Å². The van der Waals surface area contributed by atoms with Crippen LogP contribution in [0, 0.1) is 13.8 Å². The second-order valence-corrected chi connectivity index (χ2v) is 4.38. The average molecular weight is 220 g/mol. The summed E-state index contributed by atoms with van der Waals surface area (Å²) in [6.07, 6.45) is 0. The SMILES string of the molecule is Cc1ccc(C)c(C(C)NC(=O)[C@H](C)N)c1. The van der Waals surface area contributed by atoms with Crippen LogP contribution < -0.4 is 11.1 Å². The molecule has 0 aliphatic rings. The van der Waals surface area contributed by atoms with Crippen molar-refractivity contribution < 1.29 is 4.79 Å². The number of hydrogen-bond donors (Lipinski definition) is 2. The molecule has 0 aliphatic heterocycles. The second-order valence-electron chi connectivity index (χ2n) is 4.38. The molecule has 0 fully saturated rings. The van der Waals surface area contributed by atoms with Gasteiger partial charge in [0.25, 0.3) is 0 Å². The van der Waals surface area contributed by atoms with Gasteiger partial charge in [0.05, 0.1) is 12.1 Å². The van der Waals surface area contributed by atoms with Gasteiger partial charge >= 0.3 is 0 Å². The maximum atomic E-state index is 11.5. The van der Waals surface area contributed by atoms with Crippen LogP contribution in [0.25, 0.3) is 0 Å². The Hall–Kier alpha value is -1.35. The van der Waals surface area contributed by atoms with Crippen molar-refractivity contribution in [1.82, 2.24) is 5.32 Å². The maximum absolute atomic E-state index is 11.5. The van der Waals surface area contributed by atoms with Gasteiger partial charge in [0, 0.05) is 0 Å².